The van der Waals surface area contributed by atoms with E-state index in [9.17, 15) is 14.9 Å². The van der Waals surface area contributed by atoms with Gasteiger partial charge in [-0.25, -0.2) is 4.79 Å². The monoisotopic (exact) mass is 320 g/mol. The SMILES string of the molecule is C[C@@H](Sc1ccc2c(c1C(=O)O)OB(O)[C@@H]1C[C@H]21)C1COC1. The van der Waals surface area contributed by atoms with E-state index in [1.165, 1.54) is 0 Å². The van der Waals surface area contributed by atoms with Gasteiger partial charge < -0.3 is 19.5 Å². The fraction of sp³-hybridized carbons (Fsp3) is 0.533. The minimum absolute atomic E-state index is 0.124. The van der Waals surface area contributed by atoms with Crippen LogP contribution in [-0.2, 0) is 4.74 Å². The molecule has 22 heavy (non-hydrogen) atoms. The van der Waals surface area contributed by atoms with Gasteiger partial charge in [0.15, 0.2) is 0 Å². The van der Waals surface area contributed by atoms with Crippen molar-refractivity contribution in [2.24, 2.45) is 5.92 Å². The Balaban J connectivity index is 1.69. The second-order valence-electron chi connectivity index (χ2n) is 6.30. The van der Waals surface area contributed by atoms with Gasteiger partial charge in [-0.3, -0.25) is 0 Å². The number of hydrogen-bond donors (Lipinski definition) is 2. The fourth-order valence-electron chi connectivity index (χ4n) is 3.22. The number of fused-ring (bicyclic) bond motifs is 3. The molecular formula is C15H17BO5S. The van der Waals surface area contributed by atoms with Gasteiger partial charge in [-0.05, 0) is 24.0 Å². The van der Waals surface area contributed by atoms with Gasteiger partial charge in [0.2, 0.25) is 0 Å². The molecule has 7 heteroatoms. The maximum atomic E-state index is 11.8. The molecule has 2 fully saturated rings. The molecule has 2 N–H and O–H groups in total. The number of rotatable bonds is 4. The molecule has 1 aliphatic carbocycles. The molecule has 1 saturated carbocycles. The molecule has 4 rings (SSSR count). The molecule has 1 saturated heterocycles. The first-order chi connectivity index (χ1) is 10.6. The van der Waals surface area contributed by atoms with Crippen LogP contribution in [0, 0.1) is 5.92 Å². The molecular weight excluding hydrogens is 303 g/mol. The summed E-state index contributed by atoms with van der Waals surface area (Å²) in [4.78, 5) is 12.5. The van der Waals surface area contributed by atoms with E-state index in [-0.39, 0.29) is 22.5 Å². The zero-order valence-electron chi connectivity index (χ0n) is 12.2. The Hall–Kier alpha value is -1.18. The Morgan fingerprint density at radius 3 is 2.86 bits per heavy atom. The number of aromatic carboxylic acids is 1. The van der Waals surface area contributed by atoms with Gasteiger partial charge in [0.1, 0.15) is 11.3 Å². The normalized spacial score (nSPS) is 27.3. The van der Waals surface area contributed by atoms with Crippen molar-refractivity contribution in [3.8, 4) is 5.75 Å². The second-order valence-corrected chi connectivity index (χ2v) is 7.72. The van der Waals surface area contributed by atoms with Crippen molar-refractivity contribution in [3.63, 3.8) is 0 Å². The standard InChI is InChI=1S/C15H17BO5S/c1-7(8-5-20-6-8)22-12-3-2-9-10-4-11(10)16(19)21-14(9)13(12)15(17)18/h2-3,7-8,10-11,19H,4-6H2,1H3,(H,17,18)/t7-,10-,11-/m1/s1. The van der Waals surface area contributed by atoms with Crippen LogP contribution in [0.15, 0.2) is 17.0 Å². The third-order valence-corrected chi connectivity index (χ3v) is 6.20. The predicted molar refractivity (Wildman–Crippen MR) is 82.7 cm³/mol. The Kier molecular flexibility index (Phi) is 3.40. The lowest BCUT2D eigenvalue weighted by atomic mass is 9.77. The summed E-state index contributed by atoms with van der Waals surface area (Å²) >= 11 is 1.55. The Morgan fingerprint density at radius 2 is 2.23 bits per heavy atom. The highest BCUT2D eigenvalue weighted by Gasteiger charge is 2.54. The lowest BCUT2D eigenvalue weighted by molar-refractivity contribution is -0.0302. The van der Waals surface area contributed by atoms with E-state index in [0.717, 1.165) is 25.2 Å². The molecule has 0 unspecified atom stereocenters. The first kappa shape index (κ1) is 14.4. The van der Waals surface area contributed by atoms with Crippen LogP contribution in [0.4, 0.5) is 0 Å². The molecule has 1 aromatic rings. The second kappa shape index (κ2) is 5.18. The van der Waals surface area contributed by atoms with E-state index < -0.39 is 13.1 Å². The number of thioether (sulfide) groups is 1. The summed E-state index contributed by atoms with van der Waals surface area (Å²) in [5.74, 6) is 0.192. The minimum Gasteiger partial charge on any atom is -0.535 e. The van der Waals surface area contributed by atoms with Crippen molar-refractivity contribution in [2.75, 3.05) is 13.2 Å². The molecule has 0 radical (unpaired) electrons. The quantitative estimate of drug-likeness (QED) is 0.654. The van der Waals surface area contributed by atoms with Crippen molar-refractivity contribution in [1.29, 1.82) is 0 Å². The predicted octanol–water partition coefficient (Wildman–Crippen LogP) is 2.24. The van der Waals surface area contributed by atoms with Crippen LogP contribution in [-0.4, -0.2) is 41.7 Å². The average Bonchev–Trinajstić information content (AvgIpc) is 3.16. The van der Waals surface area contributed by atoms with Gasteiger partial charge in [0, 0.05) is 21.9 Å². The van der Waals surface area contributed by atoms with E-state index in [1.54, 1.807) is 11.8 Å². The van der Waals surface area contributed by atoms with Crippen molar-refractivity contribution >= 4 is 24.8 Å². The van der Waals surface area contributed by atoms with Gasteiger partial charge >= 0.3 is 13.1 Å². The highest BCUT2D eigenvalue weighted by Crippen LogP contribution is 2.60. The Bertz CT molecular complexity index is 633. The van der Waals surface area contributed by atoms with Crippen molar-refractivity contribution in [3.05, 3.63) is 23.3 Å². The summed E-state index contributed by atoms with van der Waals surface area (Å²) in [7, 11) is -0.881. The zero-order chi connectivity index (χ0) is 15.4. The molecule has 3 atom stereocenters. The lowest BCUT2D eigenvalue weighted by Gasteiger charge is -2.31. The lowest BCUT2D eigenvalue weighted by Crippen LogP contribution is -2.34. The number of carboxylic acid groups (broad SMARTS) is 1. The molecule has 2 aliphatic heterocycles. The largest absolute Gasteiger partial charge is 0.535 e. The molecule has 1 aromatic carbocycles. The van der Waals surface area contributed by atoms with E-state index in [0.29, 0.717) is 16.6 Å². The number of benzene rings is 1. The number of carboxylic acids is 1. The molecule has 0 spiro atoms. The molecule has 0 amide bonds. The van der Waals surface area contributed by atoms with E-state index >= 15 is 0 Å². The van der Waals surface area contributed by atoms with Gasteiger partial charge in [-0.2, -0.15) is 0 Å². The summed E-state index contributed by atoms with van der Waals surface area (Å²) in [5, 5.41) is 19.9. The van der Waals surface area contributed by atoms with E-state index in [4.69, 9.17) is 9.39 Å². The maximum absolute atomic E-state index is 11.8. The average molecular weight is 320 g/mol. The van der Waals surface area contributed by atoms with Gasteiger partial charge in [0.05, 0.1) is 13.2 Å². The third kappa shape index (κ3) is 2.23. The van der Waals surface area contributed by atoms with Gasteiger partial charge in [0.25, 0.3) is 0 Å². The van der Waals surface area contributed by atoms with Gasteiger partial charge in [-0.1, -0.05) is 13.0 Å². The smallest absolute Gasteiger partial charge is 0.526 e. The van der Waals surface area contributed by atoms with E-state index in [2.05, 4.69) is 6.92 Å². The molecule has 5 nitrogen and oxygen atoms in total. The third-order valence-electron chi connectivity index (χ3n) is 4.85. The molecule has 116 valence electrons. The van der Waals surface area contributed by atoms with Crippen molar-refractivity contribution in [1.82, 2.24) is 0 Å². The maximum Gasteiger partial charge on any atom is 0.526 e. The summed E-state index contributed by atoms with van der Waals surface area (Å²) in [6.45, 7) is 3.57. The summed E-state index contributed by atoms with van der Waals surface area (Å²) in [6.07, 6.45) is 0.871. The van der Waals surface area contributed by atoms with Crippen LogP contribution < -0.4 is 4.65 Å². The summed E-state index contributed by atoms with van der Waals surface area (Å²) in [6, 6.07) is 3.85. The van der Waals surface area contributed by atoms with Crippen LogP contribution in [0.25, 0.3) is 0 Å². The number of ether oxygens (including phenoxy) is 1. The summed E-state index contributed by atoms with van der Waals surface area (Å²) < 4.78 is 10.7. The number of carbonyl (C=O) groups is 1. The van der Waals surface area contributed by atoms with Crippen molar-refractivity contribution in [2.45, 2.75) is 35.2 Å². The first-order valence-corrected chi connectivity index (χ1v) is 8.43. The topological polar surface area (TPSA) is 76.0 Å². The number of hydrogen-bond acceptors (Lipinski definition) is 5. The molecule has 2 heterocycles. The van der Waals surface area contributed by atoms with Crippen LogP contribution in [0.1, 0.15) is 35.2 Å². The van der Waals surface area contributed by atoms with Gasteiger partial charge in [-0.15, -0.1) is 11.8 Å². The highest BCUT2D eigenvalue weighted by atomic mass is 32.2. The highest BCUT2D eigenvalue weighted by molar-refractivity contribution is 8.00. The molecule has 3 aliphatic rings. The Labute approximate surface area is 133 Å². The van der Waals surface area contributed by atoms with Crippen LogP contribution >= 0.6 is 11.8 Å². The molecule has 0 bridgehead atoms. The zero-order valence-corrected chi connectivity index (χ0v) is 13.0. The van der Waals surface area contributed by atoms with Crippen LogP contribution in [0.5, 0.6) is 5.75 Å². The van der Waals surface area contributed by atoms with Crippen LogP contribution in [0.3, 0.4) is 0 Å². The van der Waals surface area contributed by atoms with E-state index in [1.807, 2.05) is 12.1 Å². The van der Waals surface area contributed by atoms with Crippen molar-refractivity contribution < 1.29 is 24.3 Å². The summed E-state index contributed by atoms with van der Waals surface area (Å²) in [5.41, 5.74) is 1.12. The molecule has 0 aromatic heterocycles. The minimum atomic E-state index is -0.997. The van der Waals surface area contributed by atoms with Crippen LogP contribution in [0.2, 0.25) is 5.82 Å². The first-order valence-electron chi connectivity index (χ1n) is 7.55. The Morgan fingerprint density at radius 1 is 1.45 bits per heavy atom. The fourth-order valence-corrected chi connectivity index (χ4v) is 4.41.